The van der Waals surface area contributed by atoms with Crippen molar-refractivity contribution in [2.24, 2.45) is 0 Å². The predicted octanol–water partition coefficient (Wildman–Crippen LogP) is 1.65. The zero-order chi connectivity index (χ0) is 17.2. The molecule has 6 nitrogen and oxygen atoms in total. The molecule has 7 heteroatoms. The van der Waals surface area contributed by atoms with Crippen LogP contribution in [0.25, 0.3) is 0 Å². The summed E-state index contributed by atoms with van der Waals surface area (Å²) in [6.07, 6.45) is 0.345. The van der Waals surface area contributed by atoms with Crippen molar-refractivity contribution in [3.8, 4) is 0 Å². The number of carbonyl (C=O) groups excluding carboxylic acids is 2. The maximum Gasteiger partial charge on any atom is 0.261 e. The molecule has 0 bridgehead atoms. The summed E-state index contributed by atoms with van der Waals surface area (Å²) < 4.78 is 26.6. The number of benzene rings is 2. The summed E-state index contributed by atoms with van der Waals surface area (Å²) in [4.78, 5) is 25.7. The fourth-order valence-electron chi connectivity index (χ4n) is 2.57. The second kappa shape index (κ2) is 6.54. The van der Waals surface area contributed by atoms with Gasteiger partial charge in [-0.1, -0.05) is 30.3 Å². The van der Waals surface area contributed by atoms with Crippen molar-refractivity contribution in [2.45, 2.75) is 11.3 Å². The molecule has 2 amide bonds. The Bertz CT molecular complexity index is 843. The van der Waals surface area contributed by atoms with Gasteiger partial charge in [-0.15, -0.1) is 0 Å². The van der Waals surface area contributed by atoms with Gasteiger partial charge in [0.15, 0.2) is 0 Å². The molecule has 1 N–H and O–H groups in total. The molecule has 3 rings (SSSR count). The Kier molecular flexibility index (Phi) is 4.46. The summed E-state index contributed by atoms with van der Waals surface area (Å²) in [7, 11) is -3.58. The minimum Gasteiger partial charge on any atom is -0.274 e. The van der Waals surface area contributed by atoms with Gasteiger partial charge >= 0.3 is 0 Å². The monoisotopic (exact) mass is 344 g/mol. The first-order chi connectivity index (χ1) is 11.5. The Labute approximate surface area is 140 Å². The third-order valence-electron chi connectivity index (χ3n) is 3.78. The molecule has 1 heterocycles. The summed E-state index contributed by atoms with van der Waals surface area (Å²) in [5.41, 5.74) is 0.791. The third kappa shape index (κ3) is 3.08. The smallest absolute Gasteiger partial charge is 0.261 e. The van der Waals surface area contributed by atoms with E-state index in [9.17, 15) is 18.0 Å². The molecule has 1 aliphatic rings. The summed E-state index contributed by atoms with van der Waals surface area (Å²) in [5, 5.41) is 0. The minimum absolute atomic E-state index is 0.143. The van der Waals surface area contributed by atoms with Gasteiger partial charge in [-0.2, -0.15) is 0 Å². The lowest BCUT2D eigenvalue weighted by Crippen LogP contribution is -2.33. The second-order valence-electron chi connectivity index (χ2n) is 5.37. The van der Waals surface area contributed by atoms with Crippen LogP contribution in [0, 0.1) is 0 Å². The summed E-state index contributed by atoms with van der Waals surface area (Å²) in [5.74, 6) is -0.664. The van der Waals surface area contributed by atoms with Crippen molar-refractivity contribution in [1.82, 2.24) is 9.62 Å². The van der Waals surface area contributed by atoms with Crippen molar-refractivity contribution in [3.63, 3.8) is 0 Å². The summed E-state index contributed by atoms with van der Waals surface area (Å²) in [6, 6.07) is 14.7. The van der Waals surface area contributed by atoms with Crippen LogP contribution in [0.4, 0.5) is 0 Å². The Morgan fingerprint density at radius 2 is 1.38 bits per heavy atom. The lowest BCUT2D eigenvalue weighted by atomic mass is 10.1. The van der Waals surface area contributed by atoms with Gasteiger partial charge in [-0.3, -0.25) is 14.5 Å². The normalized spacial score (nSPS) is 14.1. The number of fused-ring (bicyclic) bond motifs is 1. The summed E-state index contributed by atoms with van der Waals surface area (Å²) >= 11 is 0. The molecule has 24 heavy (non-hydrogen) atoms. The summed E-state index contributed by atoms with van der Waals surface area (Å²) in [6.45, 7) is 0.314. The first-order valence-corrected chi connectivity index (χ1v) is 8.99. The van der Waals surface area contributed by atoms with Gasteiger partial charge < -0.3 is 0 Å². The van der Waals surface area contributed by atoms with Crippen LogP contribution in [0.3, 0.4) is 0 Å². The average molecular weight is 344 g/mol. The molecule has 124 valence electrons. The highest BCUT2D eigenvalue weighted by Gasteiger charge is 2.34. The molecule has 0 unspecified atom stereocenters. The number of hydrogen-bond donors (Lipinski definition) is 1. The zero-order valence-electron chi connectivity index (χ0n) is 12.8. The number of imide groups is 1. The van der Waals surface area contributed by atoms with Crippen molar-refractivity contribution in [2.75, 3.05) is 13.1 Å². The first-order valence-electron chi connectivity index (χ1n) is 7.50. The fraction of sp³-hybridized carbons (Fsp3) is 0.176. The Morgan fingerprint density at radius 3 is 1.96 bits per heavy atom. The molecule has 0 fully saturated rings. The molecule has 0 aliphatic carbocycles. The van der Waals surface area contributed by atoms with Crippen LogP contribution in [-0.2, 0) is 10.0 Å². The van der Waals surface area contributed by atoms with E-state index in [1.54, 1.807) is 42.5 Å². The quantitative estimate of drug-likeness (QED) is 0.638. The number of rotatable bonds is 6. The number of hydrogen-bond acceptors (Lipinski definition) is 4. The fourth-order valence-corrected chi connectivity index (χ4v) is 3.66. The van der Waals surface area contributed by atoms with E-state index in [0.717, 1.165) is 4.90 Å². The van der Waals surface area contributed by atoms with Gasteiger partial charge in [0, 0.05) is 13.1 Å². The van der Waals surface area contributed by atoms with Crippen molar-refractivity contribution >= 4 is 21.8 Å². The lowest BCUT2D eigenvalue weighted by Gasteiger charge is -2.14. The molecule has 0 radical (unpaired) electrons. The van der Waals surface area contributed by atoms with Crippen LogP contribution in [0.2, 0.25) is 0 Å². The van der Waals surface area contributed by atoms with Crippen LogP contribution in [0.1, 0.15) is 27.1 Å². The molecule has 1 aliphatic heterocycles. The number of nitrogens with one attached hydrogen (secondary N) is 1. The van der Waals surface area contributed by atoms with Crippen molar-refractivity contribution in [1.29, 1.82) is 0 Å². The third-order valence-corrected chi connectivity index (χ3v) is 5.26. The molecule has 0 atom stereocenters. The van der Waals surface area contributed by atoms with E-state index in [1.807, 2.05) is 0 Å². The molecule has 0 saturated heterocycles. The van der Waals surface area contributed by atoms with Gasteiger partial charge in [-0.25, -0.2) is 13.1 Å². The van der Waals surface area contributed by atoms with Crippen LogP contribution in [-0.4, -0.2) is 38.2 Å². The lowest BCUT2D eigenvalue weighted by molar-refractivity contribution is 0.0653. The Balaban J connectivity index is 1.57. The van der Waals surface area contributed by atoms with Gasteiger partial charge in [0.1, 0.15) is 0 Å². The maximum atomic E-state index is 12.2. The standard InChI is InChI=1S/C17H16N2O4S/c20-16-14-9-4-5-10-15(14)17(21)19(16)12-6-11-18-24(22,23)13-7-2-1-3-8-13/h1-5,7-10,18H,6,11-12H2. The van der Waals surface area contributed by atoms with Gasteiger partial charge in [0.05, 0.1) is 16.0 Å². The number of nitrogens with zero attached hydrogens (tertiary/aromatic N) is 1. The zero-order valence-corrected chi connectivity index (χ0v) is 13.6. The largest absolute Gasteiger partial charge is 0.274 e. The highest BCUT2D eigenvalue weighted by atomic mass is 32.2. The van der Waals surface area contributed by atoms with Crippen LogP contribution >= 0.6 is 0 Å². The van der Waals surface area contributed by atoms with Gasteiger partial charge in [0.25, 0.3) is 11.8 Å². The van der Waals surface area contributed by atoms with E-state index in [2.05, 4.69) is 4.72 Å². The number of sulfonamides is 1. The van der Waals surface area contributed by atoms with Crippen LogP contribution < -0.4 is 4.72 Å². The van der Waals surface area contributed by atoms with Crippen LogP contribution in [0.15, 0.2) is 59.5 Å². The average Bonchev–Trinajstić information content (AvgIpc) is 2.84. The minimum atomic E-state index is -3.58. The second-order valence-corrected chi connectivity index (χ2v) is 7.14. The van der Waals surface area contributed by atoms with Crippen LogP contribution in [0.5, 0.6) is 0 Å². The first kappa shape index (κ1) is 16.4. The Hall–Kier alpha value is -2.51. The molecule has 2 aromatic rings. The van der Waals surface area contributed by atoms with E-state index in [0.29, 0.717) is 17.5 Å². The van der Waals surface area contributed by atoms with Gasteiger partial charge in [0.2, 0.25) is 10.0 Å². The number of amides is 2. The Morgan fingerprint density at radius 1 is 0.833 bits per heavy atom. The number of carbonyl (C=O) groups is 2. The molecule has 0 spiro atoms. The molecular formula is C17H16N2O4S. The van der Waals surface area contributed by atoms with E-state index in [-0.39, 0.29) is 29.8 Å². The predicted molar refractivity (Wildman–Crippen MR) is 88.1 cm³/mol. The SMILES string of the molecule is O=C1c2ccccc2C(=O)N1CCCNS(=O)(=O)c1ccccc1. The van der Waals surface area contributed by atoms with E-state index in [4.69, 9.17) is 0 Å². The molecule has 0 saturated carbocycles. The maximum absolute atomic E-state index is 12.2. The van der Waals surface area contributed by atoms with Crippen molar-refractivity contribution in [3.05, 3.63) is 65.7 Å². The molecule has 2 aromatic carbocycles. The molecule has 0 aromatic heterocycles. The highest BCUT2D eigenvalue weighted by molar-refractivity contribution is 7.89. The molecular weight excluding hydrogens is 328 g/mol. The topological polar surface area (TPSA) is 83.6 Å². The van der Waals surface area contributed by atoms with E-state index >= 15 is 0 Å². The van der Waals surface area contributed by atoms with Gasteiger partial charge in [-0.05, 0) is 30.7 Å². The van der Waals surface area contributed by atoms with Crippen molar-refractivity contribution < 1.29 is 18.0 Å². The van der Waals surface area contributed by atoms with E-state index < -0.39 is 10.0 Å². The highest BCUT2D eigenvalue weighted by Crippen LogP contribution is 2.22. The van der Waals surface area contributed by atoms with E-state index in [1.165, 1.54) is 12.1 Å².